The molecule has 2 aromatic rings. The fraction of sp³-hybridized carbons (Fsp3) is 0.143. The van der Waals surface area contributed by atoms with E-state index < -0.39 is 17.7 Å². The third-order valence-corrected chi connectivity index (χ3v) is 3.02. The summed E-state index contributed by atoms with van der Waals surface area (Å²) in [6.45, 7) is 1.78. The van der Waals surface area contributed by atoms with Crippen molar-refractivity contribution in [3.05, 3.63) is 69.7 Å². The maximum absolute atomic E-state index is 13.8. The summed E-state index contributed by atoms with van der Waals surface area (Å²) < 4.78 is 27.5. The molecule has 2 rings (SSSR count). The quantitative estimate of drug-likeness (QED) is 0.875. The van der Waals surface area contributed by atoms with E-state index in [2.05, 4.69) is 0 Å². The SMILES string of the molecule is Cc1ccc(C(N)c2ccc(Cl)cc2F)c(F)c1. The van der Waals surface area contributed by atoms with Gasteiger partial charge in [-0.3, -0.25) is 0 Å². The Morgan fingerprint density at radius 1 is 1.00 bits per heavy atom. The Hall–Kier alpha value is -1.45. The van der Waals surface area contributed by atoms with E-state index in [0.717, 1.165) is 5.56 Å². The first-order chi connectivity index (χ1) is 8.49. The molecular weight excluding hydrogens is 256 g/mol. The lowest BCUT2D eigenvalue weighted by Gasteiger charge is -2.15. The first-order valence-electron chi connectivity index (χ1n) is 5.45. The molecule has 0 saturated carbocycles. The van der Waals surface area contributed by atoms with Crippen LogP contribution in [-0.4, -0.2) is 0 Å². The topological polar surface area (TPSA) is 26.0 Å². The molecule has 1 nitrogen and oxygen atoms in total. The molecule has 2 N–H and O–H groups in total. The van der Waals surface area contributed by atoms with E-state index in [4.69, 9.17) is 17.3 Å². The van der Waals surface area contributed by atoms with Crippen LogP contribution in [0.4, 0.5) is 8.78 Å². The van der Waals surface area contributed by atoms with Crippen molar-refractivity contribution < 1.29 is 8.78 Å². The van der Waals surface area contributed by atoms with E-state index in [1.54, 1.807) is 19.1 Å². The van der Waals surface area contributed by atoms with Crippen LogP contribution in [0.5, 0.6) is 0 Å². The maximum atomic E-state index is 13.8. The summed E-state index contributed by atoms with van der Waals surface area (Å²) in [5.74, 6) is -0.966. The molecule has 0 heterocycles. The molecule has 4 heteroatoms. The molecule has 1 unspecified atom stereocenters. The van der Waals surface area contributed by atoms with Crippen molar-refractivity contribution in [1.29, 1.82) is 0 Å². The molecular formula is C14H12ClF2N. The van der Waals surface area contributed by atoms with Crippen LogP contribution in [0.3, 0.4) is 0 Å². The number of aryl methyl sites for hydroxylation is 1. The summed E-state index contributed by atoms with van der Waals surface area (Å²) in [5.41, 5.74) is 7.18. The van der Waals surface area contributed by atoms with Crippen LogP contribution in [0.2, 0.25) is 5.02 Å². The van der Waals surface area contributed by atoms with Gasteiger partial charge in [-0.2, -0.15) is 0 Å². The summed E-state index contributed by atoms with van der Waals surface area (Å²) in [4.78, 5) is 0. The van der Waals surface area contributed by atoms with Crippen molar-refractivity contribution in [2.45, 2.75) is 13.0 Å². The molecule has 0 fully saturated rings. The second kappa shape index (κ2) is 5.04. The largest absolute Gasteiger partial charge is 0.320 e. The number of rotatable bonds is 2. The van der Waals surface area contributed by atoms with Gasteiger partial charge in [-0.15, -0.1) is 0 Å². The van der Waals surface area contributed by atoms with Crippen molar-refractivity contribution >= 4 is 11.6 Å². The van der Waals surface area contributed by atoms with Gasteiger partial charge in [-0.25, -0.2) is 8.78 Å². The highest BCUT2D eigenvalue weighted by Crippen LogP contribution is 2.26. The smallest absolute Gasteiger partial charge is 0.129 e. The average molecular weight is 268 g/mol. The van der Waals surface area contributed by atoms with Gasteiger partial charge in [-0.05, 0) is 30.7 Å². The van der Waals surface area contributed by atoms with Gasteiger partial charge in [0, 0.05) is 16.1 Å². The van der Waals surface area contributed by atoms with E-state index in [0.29, 0.717) is 0 Å². The minimum absolute atomic E-state index is 0.224. The second-order valence-corrected chi connectivity index (χ2v) is 4.60. The zero-order valence-electron chi connectivity index (χ0n) is 9.75. The highest BCUT2D eigenvalue weighted by Gasteiger charge is 2.17. The normalized spacial score (nSPS) is 12.5. The van der Waals surface area contributed by atoms with Gasteiger partial charge in [-0.1, -0.05) is 29.8 Å². The molecule has 0 aliphatic heterocycles. The van der Waals surface area contributed by atoms with E-state index in [-0.39, 0.29) is 16.1 Å². The van der Waals surface area contributed by atoms with Gasteiger partial charge >= 0.3 is 0 Å². The number of hydrogen-bond donors (Lipinski definition) is 1. The van der Waals surface area contributed by atoms with E-state index in [9.17, 15) is 8.78 Å². The molecule has 94 valence electrons. The number of nitrogens with two attached hydrogens (primary N) is 1. The van der Waals surface area contributed by atoms with Crippen LogP contribution in [0.1, 0.15) is 22.7 Å². The van der Waals surface area contributed by atoms with Crippen LogP contribution in [-0.2, 0) is 0 Å². The Morgan fingerprint density at radius 3 is 2.11 bits per heavy atom. The molecule has 0 aliphatic carbocycles. The summed E-state index contributed by atoms with van der Waals surface area (Å²) >= 11 is 5.66. The summed E-state index contributed by atoms with van der Waals surface area (Å²) in [6.07, 6.45) is 0. The zero-order valence-corrected chi connectivity index (χ0v) is 10.5. The van der Waals surface area contributed by atoms with E-state index in [1.807, 2.05) is 0 Å². The number of benzene rings is 2. The Labute approximate surface area is 109 Å². The fourth-order valence-electron chi connectivity index (χ4n) is 1.81. The number of halogens is 3. The van der Waals surface area contributed by atoms with Crippen LogP contribution in [0, 0.1) is 18.6 Å². The predicted octanol–water partition coefficient (Wildman–Crippen LogP) is 3.97. The number of hydrogen-bond acceptors (Lipinski definition) is 1. The van der Waals surface area contributed by atoms with Crippen molar-refractivity contribution in [1.82, 2.24) is 0 Å². The molecule has 0 saturated heterocycles. The molecule has 1 atom stereocenters. The van der Waals surface area contributed by atoms with E-state index >= 15 is 0 Å². The lowest BCUT2D eigenvalue weighted by Crippen LogP contribution is -2.15. The molecule has 18 heavy (non-hydrogen) atoms. The molecule has 0 radical (unpaired) electrons. The molecule has 0 bridgehead atoms. The Morgan fingerprint density at radius 2 is 1.56 bits per heavy atom. The van der Waals surface area contributed by atoms with Gasteiger partial charge in [0.2, 0.25) is 0 Å². The fourth-order valence-corrected chi connectivity index (χ4v) is 1.96. The van der Waals surface area contributed by atoms with Crippen molar-refractivity contribution in [3.63, 3.8) is 0 Å². The molecule has 0 aromatic heterocycles. The van der Waals surface area contributed by atoms with Crippen molar-refractivity contribution in [3.8, 4) is 0 Å². The molecule has 0 spiro atoms. The lowest BCUT2D eigenvalue weighted by molar-refractivity contribution is 0.575. The van der Waals surface area contributed by atoms with Gasteiger partial charge in [0.25, 0.3) is 0 Å². The first kappa shape index (κ1) is 13.0. The third kappa shape index (κ3) is 2.52. The summed E-state index contributed by atoms with van der Waals surface area (Å²) in [7, 11) is 0. The second-order valence-electron chi connectivity index (χ2n) is 4.17. The zero-order chi connectivity index (χ0) is 13.3. The Bertz CT molecular complexity index is 533. The van der Waals surface area contributed by atoms with Gasteiger partial charge in [0.1, 0.15) is 11.6 Å². The minimum atomic E-state index is -0.845. The van der Waals surface area contributed by atoms with E-state index in [1.165, 1.54) is 24.3 Å². The molecule has 0 amide bonds. The first-order valence-corrected chi connectivity index (χ1v) is 5.83. The van der Waals surface area contributed by atoms with Crippen LogP contribution < -0.4 is 5.73 Å². The van der Waals surface area contributed by atoms with Crippen molar-refractivity contribution in [2.24, 2.45) is 5.73 Å². The Balaban J connectivity index is 2.44. The third-order valence-electron chi connectivity index (χ3n) is 2.79. The van der Waals surface area contributed by atoms with Crippen LogP contribution in [0.15, 0.2) is 36.4 Å². The maximum Gasteiger partial charge on any atom is 0.129 e. The standard InChI is InChI=1S/C14H12ClF2N/c1-8-2-4-10(12(16)6-8)14(18)11-5-3-9(15)7-13(11)17/h2-7,14H,18H2,1H3. The summed E-state index contributed by atoms with van der Waals surface area (Å²) in [6, 6.07) is 8.03. The minimum Gasteiger partial charge on any atom is -0.320 e. The Kier molecular flexibility index (Phi) is 3.64. The van der Waals surface area contributed by atoms with Gasteiger partial charge in [0.15, 0.2) is 0 Å². The van der Waals surface area contributed by atoms with Crippen molar-refractivity contribution in [2.75, 3.05) is 0 Å². The molecule has 2 aromatic carbocycles. The lowest BCUT2D eigenvalue weighted by atomic mass is 9.98. The molecule has 0 aliphatic rings. The summed E-state index contributed by atoms with van der Waals surface area (Å²) in [5, 5.41) is 0.285. The van der Waals surface area contributed by atoms with Gasteiger partial charge in [0.05, 0.1) is 6.04 Å². The highest BCUT2D eigenvalue weighted by molar-refractivity contribution is 6.30. The van der Waals surface area contributed by atoms with Crippen LogP contribution in [0.25, 0.3) is 0 Å². The highest BCUT2D eigenvalue weighted by atomic mass is 35.5. The van der Waals surface area contributed by atoms with Gasteiger partial charge < -0.3 is 5.73 Å². The monoisotopic (exact) mass is 267 g/mol. The average Bonchev–Trinajstić information content (AvgIpc) is 2.28. The van der Waals surface area contributed by atoms with Crippen LogP contribution >= 0.6 is 11.6 Å². The predicted molar refractivity (Wildman–Crippen MR) is 68.6 cm³/mol.